The fourth-order valence-electron chi connectivity index (χ4n) is 1.71. The number of fused-ring (bicyclic) bond motifs is 1. The Labute approximate surface area is 86.5 Å². The average Bonchev–Trinajstić information content (AvgIpc) is 2.20. The Bertz CT molecular complexity index is 450. The Morgan fingerprint density at radius 1 is 1.60 bits per heavy atom. The predicted octanol–water partition coefficient (Wildman–Crippen LogP) is 1.85. The van der Waals surface area contributed by atoms with Gasteiger partial charge in [0.1, 0.15) is 5.82 Å². The highest BCUT2D eigenvalue weighted by Crippen LogP contribution is 2.27. The number of hydrogen-bond acceptors (Lipinski definition) is 2. The molecule has 0 saturated carbocycles. The molecule has 1 aromatic rings. The molecular weight excluding hydrogens is 195 g/mol. The number of nitrogens with one attached hydrogen (secondary N) is 1. The molecule has 1 unspecified atom stereocenters. The lowest BCUT2D eigenvalue weighted by molar-refractivity contribution is -0.120. The maximum absolute atomic E-state index is 12.9. The Morgan fingerprint density at radius 2 is 2.40 bits per heavy atom. The van der Waals surface area contributed by atoms with Gasteiger partial charge in [0.15, 0.2) is 0 Å². The van der Waals surface area contributed by atoms with E-state index in [1.165, 1.54) is 12.1 Å². The van der Waals surface area contributed by atoms with Crippen molar-refractivity contribution in [3.05, 3.63) is 29.6 Å². The molecule has 0 spiro atoms. The summed E-state index contributed by atoms with van der Waals surface area (Å²) in [5.41, 5.74) is 1.41. The van der Waals surface area contributed by atoms with Crippen LogP contribution in [0.25, 0.3) is 0 Å². The van der Waals surface area contributed by atoms with Crippen molar-refractivity contribution in [3.8, 4) is 6.07 Å². The van der Waals surface area contributed by atoms with Crippen molar-refractivity contribution in [2.24, 2.45) is 5.92 Å². The summed E-state index contributed by atoms with van der Waals surface area (Å²) in [7, 11) is 0. The normalized spacial score (nSPS) is 18.9. The minimum atomic E-state index is -0.368. The van der Waals surface area contributed by atoms with Crippen LogP contribution in [0.4, 0.5) is 10.1 Å². The first-order valence-electron chi connectivity index (χ1n) is 4.67. The highest BCUT2D eigenvalue weighted by Gasteiger charge is 2.25. The number of rotatable bonds is 1. The smallest absolute Gasteiger partial charge is 0.228 e. The van der Waals surface area contributed by atoms with Gasteiger partial charge in [0, 0.05) is 12.1 Å². The molecule has 0 fully saturated rings. The maximum atomic E-state index is 12.9. The number of anilines is 1. The molecule has 0 saturated heterocycles. The summed E-state index contributed by atoms with van der Waals surface area (Å²) in [4.78, 5) is 11.5. The summed E-state index contributed by atoms with van der Waals surface area (Å²) >= 11 is 0. The van der Waals surface area contributed by atoms with Gasteiger partial charge in [0.05, 0.1) is 12.0 Å². The number of halogens is 1. The molecule has 0 aliphatic carbocycles. The fourth-order valence-corrected chi connectivity index (χ4v) is 1.71. The second-order valence-electron chi connectivity index (χ2n) is 3.55. The van der Waals surface area contributed by atoms with Crippen molar-refractivity contribution in [2.75, 3.05) is 5.32 Å². The van der Waals surface area contributed by atoms with Crippen LogP contribution in [0.5, 0.6) is 0 Å². The summed E-state index contributed by atoms with van der Waals surface area (Å²) in [6.45, 7) is 0. The molecule has 0 bridgehead atoms. The number of carbonyl (C=O) groups excluding carboxylic acids is 1. The summed E-state index contributed by atoms with van der Waals surface area (Å²) in [6, 6.07) is 6.28. The number of carbonyl (C=O) groups is 1. The third-order valence-electron chi connectivity index (χ3n) is 2.50. The van der Waals surface area contributed by atoms with Crippen molar-refractivity contribution in [3.63, 3.8) is 0 Å². The topological polar surface area (TPSA) is 52.9 Å². The molecule has 3 nitrogen and oxygen atoms in total. The number of nitrogens with zero attached hydrogens (tertiary/aromatic N) is 1. The van der Waals surface area contributed by atoms with Gasteiger partial charge in [-0.25, -0.2) is 4.39 Å². The SMILES string of the molecule is N#CCC1Cc2ccc(F)cc2NC1=O. The van der Waals surface area contributed by atoms with E-state index in [1.807, 2.05) is 6.07 Å². The second-order valence-corrected chi connectivity index (χ2v) is 3.55. The average molecular weight is 204 g/mol. The molecule has 2 rings (SSSR count). The maximum Gasteiger partial charge on any atom is 0.228 e. The van der Waals surface area contributed by atoms with Crippen LogP contribution in [-0.2, 0) is 11.2 Å². The molecule has 1 N–H and O–H groups in total. The van der Waals surface area contributed by atoms with Crippen LogP contribution in [0.1, 0.15) is 12.0 Å². The van der Waals surface area contributed by atoms with Gasteiger partial charge in [0.2, 0.25) is 5.91 Å². The summed E-state index contributed by atoms with van der Waals surface area (Å²) in [5.74, 6) is -0.879. The Morgan fingerprint density at radius 3 is 3.13 bits per heavy atom. The van der Waals surface area contributed by atoms with Crippen LogP contribution in [-0.4, -0.2) is 5.91 Å². The first-order valence-corrected chi connectivity index (χ1v) is 4.67. The number of benzene rings is 1. The van der Waals surface area contributed by atoms with E-state index in [4.69, 9.17) is 5.26 Å². The van der Waals surface area contributed by atoms with E-state index >= 15 is 0 Å². The highest BCUT2D eigenvalue weighted by atomic mass is 19.1. The number of amides is 1. The fraction of sp³-hybridized carbons (Fsp3) is 0.273. The van der Waals surface area contributed by atoms with Crippen LogP contribution in [0.3, 0.4) is 0 Å². The minimum absolute atomic E-state index is 0.197. The Hall–Kier alpha value is -1.89. The lowest BCUT2D eigenvalue weighted by atomic mass is 9.91. The van der Waals surface area contributed by atoms with E-state index in [0.29, 0.717) is 12.1 Å². The first kappa shape index (κ1) is 9.66. The van der Waals surface area contributed by atoms with Gasteiger partial charge >= 0.3 is 0 Å². The molecule has 0 radical (unpaired) electrons. The monoisotopic (exact) mass is 204 g/mol. The first-order chi connectivity index (χ1) is 7.20. The van der Waals surface area contributed by atoms with E-state index in [0.717, 1.165) is 5.56 Å². The largest absolute Gasteiger partial charge is 0.325 e. The van der Waals surface area contributed by atoms with E-state index in [-0.39, 0.29) is 24.1 Å². The summed E-state index contributed by atoms with van der Waals surface area (Å²) in [5, 5.41) is 11.1. The lowest BCUT2D eigenvalue weighted by Gasteiger charge is -2.22. The second kappa shape index (κ2) is 3.70. The van der Waals surface area contributed by atoms with Crippen LogP contribution >= 0.6 is 0 Å². The van der Waals surface area contributed by atoms with Gasteiger partial charge in [-0.1, -0.05) is 6.07 Å². The molecular formula is C11H9FN2O. The molecule has 4 heteroatoms. The van der Waals surface area contributed by atoms with Crippen LogP contribution in [0.2, 0.25) is 0 Å². The molecule has 0 aromatic heterocycles. The zero-order valence-electron chi connectivity index (χ0n) is 7.96. The van der Waals surface area contributed by atoms with Gasteiger partial charge in [-0.05, 0) is 24.1 Å². The quantitative estimate of drug-likeness (QED) is 0.758. The third-order valence-corrected chi connectivity index (χ3v) is 2.50. The van der Waals surface area contributed by atoms with E-state index in [1.54, 1.807) is 6.07 Å². The summed E-state index contributed by atoms with van der Waals surface area (Å²) in [6.07, 6.45) is 0.706. The van der Waals surface area contributed by atoms with Crippen molar-refractivity contribution in [1.29, 1.82) is 5.26 Å². The van der Waals surface area contributed by atoms with Gasteiger partial charge in [-0.15, -0.1) is 0 Å². The van der Waals surface area contributed by atoms with E-state index in [2.05, 4.69) is 5.32 Å². The highest BCUT2D eigenvalue weighted by molar-refractivity contribution is 5.95. The van der Waals surface area contributed by atoms with Crippen molar-refractivity contribution < 1.29 is 9.18 Å². The molecule has 1 amide bonds. The van der Waals surface area contributed by atoms with Crippen LogP contribution < -0.4 is 5.32 Å². The number of nitriles is 1. The zero-order chi connectivity index (χ0) is 10.8. The van der Waals surface area contributed by atoms with Gasteiger partial charge in [-0.2, -0.15) is 5.26 Å². The molecule has 1 aromatic carbocycles. The Balaban J connectivity index is 2.30. The van der Waals surface area contributed by atoms with Crippen molar-refractivity contribution in [2.45, 2.75) is 12.8 Å². The third kappa shape index (κ3) is 1.82. The number of hydrogen-bond donors (Lipinski definition) is 1. The molecule has 76 valence electrons. The van der Waals surface area contributed by atoms with E-state index in [9.17, 15) is 9.18 Å². The standard InChI is InChI=1S/C11H9FN2O/c12-9-2-1-7-5-8(3-4-13)11(15)14-10(7)6-9/h1-2,6,8H,3,5H2,(H,14,15). The summed E-state index contributed by atoms with van der Waals surface area (Å²) < 4.78 is 12.9. The van der Waals surface area contributed by atoms with Crippen molar-refractivity contribution in [1.82, 2.24) is 0 Å². The molecule has 1 aliphatic rings. The van der Waals surface area contributed by atoms with Gasteiger partial charge < -0.3 is 5.32 Å². The zero-order valence-corrected chi connectivity index (χ0v) is 7.96. The Kier molecular flexibility index (Phi) is 2.38. The van der Waals surface area contributed by atoms with E-state index < -0.39 is 0 Å². The van der Waals surface area contributed by atoms with Gasteiger partial charge in [-0.3, -0.25) is 4.79 Å². The predicted molar refractivity (Wildman–Crippen MR) is 52.5 cm³/mol. The molecule has 15 heavy (non-hydrogen) atoms. The van der Waals surface area contributed by atoms with Gasteiger partial charge in [0.25, 0.3) is 0 Å². The molecule has 1 aliphatic heterocycles. The lowest BCUT2D eigenvalue weighted by Crippen LogP contribution is -2.29. The van der Waals surface area contributed by atoms with Crippen LogP contribution in [0, 0.1) is 23.1 Å². The van der Waals surface area contributed by atoms with Crippen LogP contribution in [0.15, 0.2) is 18.2 Å². The molecule has 1 heterocycles. The minimum Gasteiger partial charge on any atom is -0.325 e. The molecule has 1 atom stereocenters. The van der Waals surface area contributed by atoms with Crippen molar-refractivity contribution >= 4 is 11.6 Å².